The summed E-state index contributed by atoms with van der Waals surface area (Å²) in [5, 5.41) is 8.81. The van der Waals surface area contributed by atoms with Crippen LogP contribution in [0.5, 0.6) is 0 Å². The summed E-state index contributed by atoms with van der Waals surface area (Å²) in [6.45, 7) is 0. The fraction of sp³-hybridized carbons (Fsp3) is 0.714. The molecule has 6 heteroatoms. The van der Waals surface area contributed by atoms with Gasteiger partial charge in [0, 0.05) is 12.2 Å². The molecule has 0 aromatic carbocycles. The van der Waals surface area contributed by atoms with Crippen LogP contribution in [0.3, 0.4) is 0 Å². The monoisotopic (exact) mass is 202 g/mol. The van der Waals surface area contributed by atoms with Gasteiger partial charge in [-0.05, 0) is 0 Å². The molecule has 3 N–H and O–H groups in total. The van der Waals surface area contributed by atoms with E-state index in [1.54, 1.807) is 0 Å². The highest BCUT2D eigenvalue weighted by Gasteiger charge is 2.48. The summed E-state index contributed by atoms with van der Waals surface area (Å²) in [7, 11) is 0. The molecule has 1 amide bonds. The fourth-order valence-electron chi connectivity index (χ4n) is 1.74. The normalized spacial score (nSPS) is 38.1. The molecular weight excluding hydrogens is 192 g/mol. The van der Waals surface area contributed by atoms with Crippen molar-refractivity contribution in [2.45, 2.75) is 23.9 Å². The molecule has 3 atom stereocenters. The lowest BCUT2D eigenvalue weighted by Gasteiger charge is -2.19. The number of nitrogens with two attached hydrogens (primary N) is 1. The molecular formula is C7H10N2O3S. The van der Waals surface area contributed by atoms with Gasteiger partial charge in [0.05, 0.1) is 11.4 Å². The highest BCUT2D eigenvalue weighted by Crippen LogP contribution is 2.36. The number of carbonyl (C=O) groups is 2. The van der Waals surface area contributed by atoms with Crippen LogP contribution >= 0.6 is 11.8 Å². The van der Waals surface area contributed by atoms with Gasteiger partial charge in [0.25, 0.3) is 0 Å². The predicted molar refractivity (Wildman–Crippen MR) is 47.1 cm³/mol. The molecule has 2 aliphatic heterocycles. The summed E-state index contributed by atoms with van der Waals surface area (Å²) in [6, 6.07) is -1.17. The topological polar surface area (TPSA) is 83.6 Å². The summed E-state index contributed by atoms with van der Waals surface area (Å²) >= 11 is 1.50. The minimum Gasteiger partial charge on any atom is -0.480 e. The van der Waals surface area contributed by atoms with E-state index < -0.39 is 18.1 Å². The van der Waals surface area contributed by atoms with Crippen molar-refractivity contribution in [1.82, 2.24) is 4.90 Å². The first-order chi connectivity index (χ1) is 6.11. The molecule has 0 unspecified atom stereocenters. The second kappa shape index (κ2) is 2.88. The second-order valence-corrected chi connectivity index (χ2v) is 4.44. The zero-order valence-corrected chi connectivity index (χ0v) is 7.66. The zero-order valence-electron chi connectivity index (χ0n) is 6.84. The second-order valence-electron chi connectivity index (χ2n) is 3.23. The van der Waals surface area contributed by atoms with Crippen molar-refractivity contribution in [3.8, 4) is 0 Å². The minimum absolute atomic E-state index is 0.0106. The van der Waals surface area contributed by atoms with Crippen LogP contribution in [0.25, 0.3) is 0 Å². The Morgan fingerprint density at radius 3 is 3.00 bits per heavy atom. The number of carbonyl (C=O) groups excluding carboxylic acids is 1. The van der Waals surface area contributed by atoms with E-state index in [2.05, 4.69) is 0 Å². The molecule has 0 saturated carbocycles. The molecule has 2 aliphatic rings. The molecule has 0 radical (unpaired) electrons. The van der Waals surface area contributed by atoms with Crippen molar-refractivity contribution in [3.63, 3.8) is 0 Å². The van der Waals surface area contributed by atoms with Crippen LogP contribution in [0.4, 0.5) is 0 Å². The number of aliphatic carboxylic acids is 1. The Kier molecular flexibility index (Phi) is 1.96. The van der Waals surface area contributed by atoms with Gasteiger partial charge >= 0.3 is 5.97 Å². The minimum atomic E-state index is -0.933. The lowest BCUT2D eigenvalue weighted by Crippen LogP contribution is -2.44. The Hall–Kier alpha value is -0.750. The third kappa shape index (κ3) is 1.21. The number of nitrogens with zero attached hydrogens (tertiary/aromatic N) is 1. The van der Waals surface area contributed by atoms with Gasteiger partial charge in [-0.25, -0.2) is 4.79 Å². The average molecular weight is 202 g/mol. The molecule has 2 rings (SSSR count). The number of carboxylic acid groups (broad SMARTS) is 1. The van der Waals surface area contributed by atoms with Crippen molar-refractivity contribution in [2.24, 2.45) is 5.73 Å². The van der Waals surface area contributed by atoms with E-state index in [4.69, 9.17) is 10.8 Å². The first-order valence-corrected chi connectivity index (χ1v) is 5.08. The number of amides is 1. The lowest BCUT2D eigenvalue weighted by atomic mass is 10.3. The molecule has 0 aliphatic carbocycles. The maximum absolute atomic E-state index is 11.4. The van der Waals surface area contributed by atoms with Gasteiger partial charge in [0.15, 0.2) is 0 Å². The van der Waals surface area contributed by atoms with E-state index in [9.17, 15) is 9.59 Å². The third-order valence-corrected chi connectivity index (χ3v) is 3.72. The first-order valence-electron chi connectivity index (χ1n) is 4.03. The van der Waals surface area contributed by atoms with Crippen molar-refractivity contribution < 1.29 is 14.7 Å². The summed E-state index contributed by atoms with van der Waals surface area (Å²) in [5.41, 5.74) is 5.53. The molecule has 2 saturated heterocycles. The molecule has 2 fully saturated rings. The zero-order chi connectivity index (χ0) is 9.59. The van der Waals surface area contributed by atoms with E-state index in [0.717, 1.165) is 0 Å². The molecule has 0 spiro atoms. The Balaban J connectivity index is 2.21. The Bertz CT molecular complexity index is 270. The van der Waals surface area contributed by atoms with Crippen molar-refractivity contribution in [1.29, 1.82) is 0 Å². The van der Waals surface area contributed by atoms with Gasteiger partial charge < -0.3 is 15.7 Å². The number of hydrogen-bond acceptors (Lipinski definition) is 4. The predicted octanol–water partition coefficient (Wildman–Crippen LogP) is -0.928. The van der Waals surface area contributed by atoms with E-state index in [0.29, 0.717) is 12.2 Å². The number of rotatable bonds is 1. The lowest BCUT2D eigenvalue weighted by molar-refractivity contribution is -0.147. The van der Waals surface area contributed by atoms with Gasteiger partial charge in [-0.15, -0.1) is 11.8 Å². The maximum atomic E-state index is 11.4. The van der Waals surface area contributed by atoms with Crippen LogP contribution in [0.1, 0.15) is 6.42 Å². The van der Waals surface area contributed by atoms with Gasteiger partial charge in [-0.2, -0.15) is 0 Å². The summed E-state index contributed by atoms with van der Waals surface area (Å²) < 4.78 is 0. The largest absolute Gasteiger partial charge is 0.480 e. The third-order valence-electron chi connectivity index (χ3n) is 2.40. The van der Waals surface area contributed by atoms with Gasteiger partial charge in [-0.3, -0.25) is 4.79 Å². The van der Waals surface area contributed by atoms with Crippen LogP contribution in [0.2, 0.25) is 0 Å². The smallest absolute Gasteiger partial charge is 0.327 e. The van der Waals surface area contributed by atoms with Gasteiger partial charge in [-0.1, -0.05) is 0 Å². The molecule has 2 heterocycles. The number of fused-ring (bicyclic) bond motifs is 1. The summed E-state index contributed by atoms with van der Waals surface area (Å²) in [6.07, 6.45) is 0.577. The van der Waals surface area contributed by atoms with E-state index in [1.165, 1.54) is 16.7 Å². The molecule has 72 valence electrons. The number of thioether (sulfide) groups is 1. The SMILES string of the molecule is N[C@@H]1C[C@H]2SC[C@@H](C(=O)O)N2C1=O. The number of hydrogen-bond donors (Lipinski definition) is 2. The van der Waals surface area contributed by atoms with Crippen LogP contribution < -0.4 is 5.73 Å². The molecule has 0 bridgehead atoms. The fourth-order valence-corrected chi connectivity index (χ4v) is 3.20. The molecule has 5 nitrogen and oxygen atoms in total. The summed E-state index contributed by atoms with van der Waals surface area (Å²) in [4.78, 5) is 23.6. The quantitative estimate of drug-likeness (QED) is 0.574. The van der Waals surface area contributed by atoms with Crippen LogP contribution in [0.15, 0.2) is 0 Å². The first kappa shape index (κ1) is 8.83. The van der Waals surface area contributed by atoms with Crippen molar-refractivity contribution in [2.75, 3.05) is 5.75 Å². The van der Waals surface area contributed by atoms with Gasteiger partial charge in [0.2, 0.25) is 5.91 Å². The average Bonchev–Trinajstić information content (AvgIpc) is 2.55. The summed E-state index contributed by atoms with van der Waals surface area (Å²) in [5.74, 6) is -0.668. The highest BCUT2D eigenvalue weighted by atomic mass is 32.2. The van der Waals surface area contributed by atoms with Crippen LogP contribution in [-0.4, -0.2) is 45.1 Å². The Morgan fingerprint density at radius 2 is 2.38 bits per heavy atom. The van der Waals surface area contributed by atoms with E-state index in [1.807, 2.05) is 0 Å². The van der Waals surface area contributed by atoms with Gasteiger partial charge in [0.1, 0.15) is 6.04 Å². The Morgan fingerprint density at radius 1 is 1.69 bits per heavy atom. The Labute approximate surface area is 79.3 Å². The van der Waals surface area contributed by atoms with Crippen molar-refractivity contribution in [3.05, 3.63) is 0 Å². The van der Waals surface area contributed by atoms with E-state index >= 15 is 0 Å². The highest BCUT2D eigenvalue weighted by molar-refractivity contribution is 8.00. The molecule has 0 aromatic rings. The van der Waals surface area contributed by atoms with Crippen LogP contribution in [-0.2, 0) is 9.59 Å². The standard InChI is InChI=1S/C7H10N2O3S/c8-3-1-5-9(6(3)10)4(2-13-5)7(11)12/h3-5H,1-2,8H2,(H,11,12)/t3-,4+,5-/m1/s1. The molecule has 13 heavy (non-hydrogen) atoms. The molecule has 0 aromatic heterocycles. The van der Waals surface area contributed by atoms with Crippen molar-refractivity contribution >= 4 is 23.6 Å². The number of carboxylic acids is 1. The van der Waals surface area contributed by atoms with E-state index in [-0.39, 0.29) is 11.3 Å². The maximum Gasteiger partial charge on any atom is 0.327 e. The van der Waals surface area contributed by atoms with Crippen LogP contribution in [0, 0.1) is 0 Å².